The minimum absolute atomic E-state index is 0.227. The van der Waals surface area contributed by atoms with Gasteiger partial charge in [-0.15, -0.1) is 0 Å². The van der Waals surface area contributed by atoms with Crippen LogP contribution >= 0.6 is 11.6 Å². The summed E-state index contributed by atoms with van der Waals surface area (Å²) in [5.74, 6) is 3.59. The highest BCUT2D eigenvalue weighted by atomic mass is 35.5. The second kappa shape index (κ2) is 4.57. The summed E-state index contributed by atoms with van der Waals surface area (Å²) in [6.45, 7) is 2.23. The molecule has 2 aliphatic rings. The first-order valence-electron chi connectivity index (χ1n) is 6.68. The lowest BCUT2D eigenvalue weighted by Gasteiger charge is -2.28. The number of fused-ring (bicyclic) bond motifs is 2. The summed E-state index contributed by atoms with van der Waals surface area (Å²) < 4.78 is 0. The smallest absolute Gasteiger partial charge is 0.223 e. The van der Waals surface area contributed by atoms with Crippen LogP contribution < -0.4 is 11.1 Å². The van der Waals surface area contributed by atoms with Gasteiger partial charge in [-0.05, 0) is 43.9 Å². The van der Waals surface area contributed by atoms with Crippen molar-refractivity contribution >= 4 is 23.4 Å². The van der Waals surface area contributed by atoms with E-state index in [-0.39, 0.29) is 5.95 Å². The molecule has 1 heterocycles. The van der Waals surface area contributed by atoms with Crippen molar-refractivity contribution < 1.29 is 0 Å². The minimum atomic E-state index is 0.227. The van der Waals surface area contributed by atoms with E-state index >= 15 is 0 Å². The van der Waals surface area contributed by atoms with Crippen molar-refractivity contribution in [2.75, 3.05) is 11.1 Å². The van der Waals surface area contributed by atoms with Gasteiger partial charge in [0, 0.05) is 12.1 Å². The molecule has 4 atom stereocenters. The number of halogens is 1. The molecule has 1 aromatic rings. The average Bonchev–Trinajstić information content (AvgIpc) is 2.88. The summed E-state index contributed by atoms with van der Waals surface area (Å²) in [6, 6.07) is 2.16. The molecule has 0 aromatic carbocycles. The number of nitrogen functional groups attached to an aromatic ring is 1. The third-order valence-corrected chi connectivity index (χ3v) is 4.72. The predicted molar refractivity (Wildman–Crippen MR) is 73.5 cm³/mol. The molecule has 0 saturated heterocycles. The van der Waals surface area contributed by atoms with Crippen LogP contribution in [0.1, 0.15) is 32.6 Å². The predicted octanol–water partition coefficient (Wildman–Crippen LogP) is 2.95. The van der Waals surface area contributed by atoms with Crippen molar-refractivity contribution in [1.29, 1.82) is 0 Å². The molecular formula is C13H19ClN4. The number of hydrogen-bond acceptors (Lipinski definition) is 4. The molecule has 3 N–H and O–H groups in total. The molecule has 0 radical (unpaired) electrons. The Morgan fingerprint density at radius 1 is 1.39 bits per heavy atom. The van der Waals surface area contributed by atoms with Crippen molar-refractivity contribution in [3.05, 3.63) is 11.2 Å². The molecule has 2 fully saturated rings. The van der Waals surface area contributed by atoms with Gasteiger partial charge in [0.05, 0.1) is 0 Å². The number of aromatic nitrogens is 2. The Kier molecular flexibility index (Phi) is 3.06. The number of rotatable bonds is 3. The monoisotopic (exact) mass is 266 g/mol. The molecule has 2 aliphatic carbocycles. The first-order valence-corrected chi connectivity index (χ1v) is 7.06. The number of nitrogens with two attached hydrogens (primary N) is 1. The van der Waals surface area contributed by atoms with Gasteiger partial charge in [-0.2, -0.15) is 4.98 Å². The molecule has 2 saturated carbocycles. The molecule has 0 aliphatic heterocycles. The molecule has 0 spiro atoms. The van der Waals surface area contributed by atoms with E-state index in [4.69, 9.17) is 17.3 Å². The van der Waals surface area contributed by atoms with Gasteiger partial charge < -0.3 is 11.1 Å². The van der Waals surface area contributed by atoms with Crippen LogP contribution in [0.25, 0.3) is 0 Å². The second-order valence-corrected chi connectivity index (χ2v) is 6.09. The maximum Gasteiger partial charge on any atom is 0.223 e. The quantitative estimate of drug-likeness (QED) is 0.826. The number of nitrogens with one attached hydrogen (secondary N) is 1. The van der Waals surface area contributed by atoms with Gasteiger partial charge in [0.15, 0.2) is 0 Å². The average molecular weight is 267 g/mol. The Balaban J connectivity index is 1.68. The zero-order valence-corrected chi connectivity index (χ0v) is 11.3. The highest BCUT2D eigenvalue weighted by molar-refractivity contribution is 6.29. The summed E-state index contributed by atoms with van der Waals surface area (Å²) in [5.41, 5.74) is 5.60. The summed E-state index contributed by atoms with van der Waals surface area (Å²) in [5, 5.41) is 3.83. The normalized spacial score (nSPS) is 31.6. The summed E-state index contributed by atoms with van der Waals surface area (Å²) in [4.78, 5) is 8.05. The Morgan fingerprint density at radius 3 is 2.83 bits per heavy atom. The van der Waals surface area contributed by atoms with Crippen LogP contribution in [0.3, 0.4) is 0 Å². The summed E-state index contributed by atoms with van der Waals surface area (Å²) in [7, 11) is 0. The van der Waals surface area contributed by atoms with E-state index < -0.39 is 0 Å². The highest BCUT2D eigenvalue weighted by Crippen LogP contribution is 2.49. The van der Waals surface area contributed by atoms with Gasteiger partial charge in [-0.1, -0.05) is 18.0 Å². The zero-order valence-electron chi connectivity index (χ0n) is 10.6. The molecule has 3 rings (SSSR count). The van der Waals surface area contributed by atoms with Crippen LogP contribution in [0.2, 0.25) is 5.15 Å². The van der Waals surface area contributed by atoms with Gasteiger partial charge in [-0.25, -0.2) is 4.98 Å². The largest absolute Gasteiger partial charge is 0.368 e. The molecule has 0 unspecified atom stereocenters. The van der Waals surface area contributed by atoms with Crippen LogP contribution in [-0.4, -0.2) is 16.0 Å². The van der Waals surface area contributed by atoms with Gasteiger partial charge >= 0.3 is 0 Å². The molecule has 18 heavy (non-hydrogen) atoms. The maximum absolute atomic E-state index is 5.89. The lowest BCUT2D eigenvalue weighted by atomic mass is 9.84. The van der Waals surface area contributed by atoms with Gasteiger partial charge in [0.25, 0.3) is 0 Å². The third kappa shape index (κ3) is 2.26. The lowest BCUT2D eigenvalue weighted by molar-refractivity contribution is 0.304. The van der Waals surface area contributed by atoms with Crippen LogP contribution in [0.4, 0.5) is 11.8 Å². The van der Waals surface area contributed by atoms with Crippen LogP contribution in [0.5, 0.6) is 0 Å². The fraction of sp³-hybridized carbons (Fsp3) is 0.692. The summed E-state index contributed by atoms with van der Waals surface area (Å²) in [6.07, 6.45) is 5.60. The van der Waals surface area contributed by atoms with E-state index in [2.05, 4.69) is 22.2 Å². The van der Waals surface area contributed by atoms with Crippen molar-refractivity contribution in [2.24, 2.45) is 17.8 Å². The van der Waals surface area contributed by atoms with E-state index in [9.17, 15) is 0 Å². The standard InChI is InChI=1S/C13H19ClN4/c1-7(10-5-8-2-3-9(10)4-8)16-12-6-11(14)17-13(15)18-12/h6-10H,2-5H2,1H3,(H3,15,16,17,18)/t7-,8+,9+,10+/m1/s1. The second-order valence-electron chi connectivity index (χ2n) is 5.71. The Labute approximate surface area is 112 Å². The fourth-order valence-corrected chi connectivity index (χ4v) is 3.95. The van der Waals surface area contributed by atoms with Gasteiger partial charge in [0.1, 0.15) is 11.0 Å². The first kappa shape index (κ1) is 12.0. The Bertz CT molecular complexity index is 430. The topological polar surface area (TPSA) is 63.8 Å². The molecule has 4 nitrogen and oxygen atoms in total. The van der Waals surface area contributed by atoms with Crippen LogP contribution in [-0.2, 0) is 0 Å². The van der Waals surface area contributed by atoms with Crippen LogP contribution in [0, 0.1) is 17.8 Å². The third-order valence-electron chi connectivity index (χ3n) is 4.52. The number of hydrogen-bond donors (Lipinski definition) is 2. The molecule has 5 heteroatoms. The van der Waals surface area contributed by atoms with Crippen molar-refractivity contribution in [2.45, 2.75) is 38.6 Å². The minimum Gasteiger partial charge on any atom is -0.368 e. The molecule has 1 aromatic heterocycles. The van der Waals surface area contributed by atoms with E-state index in [1.165, 1.54) is 25.7 Å². The van der Waals surface area contributed by atoms with Crippen molar-refractivity contribution in [1.82, 2.24) is 9.97 Å². The van der Waals surface area contributed by atoms with E-state index in [0.717, 1.165) is 23.6 Å². The van der Waals surface area contributed by atoms with E-state index in [1.807, 2.05) is 0 Å². The zero-order chi connectivity index (χ0) is 12.7. The van der Waals surface area contributed by atoms with Crippen molar-refractivity contribution in [3.8, 4) is 0 Å². The van der Waals surface area contributed by atoms with Gasteiger partial charge in [0.2, 0.25) is 5.95 Å². The molecule has 98 valence electrons. The summed E-state index contributed by atoms with van der Waals surface area (Å²) >= 11 is 5.89. The molecule has 2 bridgehead atoms. The highest BCUT2D eigenvalue weighted by Gasteiger charge is 2.41. The molecular weight excluding hydrogens is 248 g/mol. The Hall–Kier alpha value is -1.03. The van der Waals surface area contributed by atoms with Crippen molar-refractivity contribution in [3.63, 3.8) is 0 Å². The SMILES string of the molecule is C[C@@H](Nc1cc(Cl)nc(N)n1)[C@@H]1C[C@H]2CC[C@H]1C2. The van der Waals surface area contributed by atoms with Crippen LogP contribution in [0.15, 0.2) is 6.07 Å². The van der Waals surface area contributed by atoms with E-state index in [0.29, 0.717) is 11.2 Å². The number of nitrogens with zero attached hydrogens (tertiary/aromatic N) is 2. The van der Waals surface area contributed by atoms with E-state index in [1.54, 1.807) is 6.07 Å². The Morgan fingerprint density at radius 2 is 2.22 bits per heavy atom. The maximum atomic E-state index is 5.89. The fourth-order valence-electron chi connectivity index (χ4n) is 3.76. The molecule has 0 amide bonds. The number of anilines is 2. The van der Waals surface area contributed by atoms with Gasteiger partial charge in [-0.3, -0.25) is 0 Å². The lowest BCUT2D eigenvalue weighted by Crippen LogP contribution is -2.30. The first-order chi connectivity index (χ1) is 8.61.